The summed E-state index contributed by atoms with van der Waals surface area (Å²) >= 11 is 0. The highest BCUT2D eigenvalue weighted by Gasteiger charge is 2.33. The van der Waals surface area contributed by atoms with Gasteiger partial charge >= 0.3 is 6.18 Å². The Hall–Kier alpha value is -4.13. The number of rotatable bonds is 6. The van der Waals surface area contributed by atoms with Crippen LogP contribution in [0.3, 0.4) is 0 Å². The monoisotopic (exact) mass is 510 g/mol. The molecule has 0 radical (unpaired) electrons. The van der Waals surface area contributed by atoms with Crippen LogP contribution in [0.2, 0.25) is 0 Å². The minimum atomic E-state index is -4.69. The van der Waals surface area contributed by atoms with E-state index in [0.29, 0.717) is 12.1 Å². The van der Waals surface area contributed by atoms with Crippen molar-refractivity contribution in [1.29, 1.82) is 0 Å². The summed E-state index contributed by atoms with van der Waals surface area (Å²) in [4.78, 5) is 20.4. The lowest BCUT2D eigenvalue weighted by atomic mass is 10.1. The summed E-state index contributed by atoms with van der Waals surface area (Å²) < 4.78 is 91.1. The lowest BCUT2D eigenvalue weighted by Crippen LogP contribution is -2.25. The Morgan fingerprint density at radius 3 is 2.39 bits per heavy atom. The fourth-order valence-corrected chi connectivity index (χ4v) is 3.48. The van der Waals surface area contributed by atoms with Gasteiger partial charge in [-0.2, -0.15) is 13.2 Å². The molecule has 0 spiro atoms. The van der Waals surface area contributed by atoms with Crippen LogP contribution in [0.15, 0.2) is 40.8 Å². The van der Waals surface area contributed by atoms with Crippen molar-refractivity contribution in [2.24, 2.45) is 5.73 Å². The summed E-state index contributed by atoms with van der Waals surface area (Å²) in [5.74, 6) is -4.59. The number of hydrogen-bond donors (Lipinski definition) is 2. The fourth-order valence-electron chi connectivity index (χ4n) is 3.48. The summed E-state index contributed by atoms with van der Waals surface area (Å²) in [7, 11) is 1.27. The summed E-state index contributed by atoms with van der Waals surface area (Å²) in [5.41, 5.74) is 3.70. The topological polar surface area (TPSA) is 103 Å². The summed E-state index contributed by atoms with van der Waals surface area (Å²) in [6.07, 6.45) is -4.69. The number of amides is 1. The van der Waals surface area contributed by atoms with E-state index in [4.69, 9.17) is 14.9 Å². The third-order valence-electron chi connectivity index (χ3n) is 5.19. The van der Waals surface area contributed by atoms with Crippen molar-refractivity contribution >= 4 is 16.8 Å². The maximum atomic E-state index is 13.9. The van der Waals surface area contributed by atoms with Crippen LogP contribution in [0, 0.1) is 17.5 Å². The number of halogens is 6. The first kappa shape index (κ1) is 25.0. The maximum Gasteiger partial charge on any atom is 0.433 e. The molecule has 3 N–H and O–H groups in total. The number of ether oxygens (including phenoxy) is 1. The van der Waals surface area contributed by atoms with Crippen LogP contribution in [0.5, 0.6) is 5.75 Å². The zero-order chi connectivity index (χ0) is 26.2. The van der Waals surface area contributed by atoms with Gasteiger partial charge in [0.25, 0.3) is 5.91 Å². The van der Waals surface area contributed by atoms with Crippen molar-refractivity contribution in [3.63, 3.8) is 0 Å². The lowest BCUT2D eigenvalue weighted by molar-refractivity contribution is -0.140. The molecule has 7 nitrogen and oxygen atoms in total. The number of fused-ring (bicyclic) bond motifs is 1. The molecule has 0 aliphatic rings. The molecule has 4 rings (SSSR count). The molecule has 0 bridgehead atoms. The number of pyridine rings is 1. The molecule has 13 heteroatoms. The Morgan fingerprint density at radius 2 is 1.78 bits per heavy atom. The number of oxazole rings is 1. The molecule has 2 aromatic carbocycles. The average molecular weight is 510 g/mol. The van der Waals surface area contributed by atoms with Gasteiger partial charge in [0.2, 0.25) is 5.89 Å². The van der Waals surface area contributed by atoms with Crippen molar-refractivity contribution in [2.45, 2.75) is 19.3 Å². The highest BCUT2D eigenvalue weighted by molar-refractivity contribution is 5.98. The van der Waals surface area contributed by atoms with Crippen LogP contribution in [0.1, 0.15) is 27.5 Å². The van der Waals surface area contributed by atoms with Gasteiger partial charge in [0.05, 0.1) is 13.7 Å². The predicted octanol–water partition coefficient (Wildman–Crippen LogP) is 4.72. The number of carbonyl (C=O) groups excluding carboxylic acids is 1. The molecule has 0 aliphatic heterocycles. The van der Waals surface area contributed by atoms with Gasteiger partial charge in [0, 0.05) is 35.2 Å². The Bertz CT molecular complexity index is 1450. The molecule has 0 atom stereocenters. The Kier molecular flexibility index (Phi) is 6.59. The molecule has 2 aromatic heterocycles. The van der Waals surface area contributed by atoms with Gasteiger partial charge in [-0.3, -0.25) is 4.79 Å². The van der Waals surface area contributed by atoms with Crippen LogP contribution in [0.25, 0.3) is 22.4 Å². The van der Waals surface area contributed by atoms with E-state index in [2.05, 4.69) is 15.3 Å². The van der Waals surface area contributed by atoms with E-state index in [0.717, 1.165) is 12.1 Å². The highest BCUT2D eigenvalue weighted by Crippen LogP contribution is 2.37. The molecule has 0 fully saturated rings. The van der Waals surface area contributed by atoms with Gasteiger partial charge in [0.15, 0.2) is 11.5 Å². The molecule has 2 heterocycles. The minimum absolute atomic E-state index is 0.0618. The van der Waals surface area contributed by atoms with Crippen LogP contribution in [-0.4, -0.2) is 23.0 Å². The van der Waals surface area contributed by atoms with Crippen LogP contribution < -0.4 is 15.8 Å². The molecular weight excluding hydrogens is 494 g/mol. The Balaban J connectivity index is 1.71. The number of nitrogens with zero attached hydrogens (tertiary/aromatic N) is 2. The first-order valence-corrected chi connectivity index (χ1v) is 10.2. The van der Waals surface area contributed by atoms with E-state index >= 15 is 0 Å². The number of alkyl halides is 3. The van der Waals surface area contributed by atoms with Gasteiger partial charge in [0.1, 0.15) is 34.4 Å². The van der Waals surface area contributed by atoms with E-state index < -0.39 is 47.3 Å². The summed E-state index contributed by atoms with van der Waals surface area (Å²) in [6, 6.07) is 5.69. The van der Waals surface area contributed by atoms with Gasteiger partial charge < -0.3 is 20.2 Å². The van der Waals surface area contributed by atoms with E-state index in [-0.39, 0.29) is 46.1 Å². The number of aromatic nitrogens is 2. The summed E-state index contributed by atoms with van der Waals surface area (Å²) in [6.45, 7) is -0.918. The molecule has 0 unspecified atom stereocenters. The maximum absolute atomic E-state index is 13.9. The normalized spacial score (nSPS) is 11.7. The van der Waals surface area contributed by atoms with Gasteiger partial charge in [-0.1, -0.05) is 0 Å². The number of nitrogens with one attached hydrogen (secondary N) is 1. The quantitative estimate of drug-likeness (QED) is 0.364. The second-order valence-electron chi connectivity index (χ2n) is 7.43. The van der Waals surface area contributed by atoms with Crippen molar-refractivity contribution in [2.75, 3.05) is 7.11 Å². The molecule has 0 aliphatic carbocycles. The SMILES string of the molecule is COc1ccc(-c2nc(C(=O)NCc3c(F)cc(F)cc3F)c(CN)o2)c2ccc(C(F)(F)F)nc12. The predicted molar refractivity (Wildman–Crippen MR) is 114 cm³/mol. The number of benzene rings is 2. The second kappa shape index (κ2) is 9.49. The van der Waals surface area contributed by atoms with Gasteiger partial charge in [-0.25, -0.2) is 23.1 Å². The Labute approximate surface area is 198 Å². The van der Waals surface area contributed by atoms with Crippen molar-refractivity contribution < 1.29 is 40.3 Å². The molecule has 1 amide bonds. The van der Waals surface area contributed by atoms with E-state index in [1.807, 2.05) is 0 Å². The third kappa shape index (κ3) is 4.69. The number of nitrogens with two attached hydrogens (primary N) is 1. The first-order chi connectivity index (χ1) is 17.0. The summed E-state index contributed by atoms with van der Waals surface area (Å²) in [5, 5.41) is 2.45. The molecular formula is C23H16F6N4O3. The third-order valence-corrected chi connectivity index (χ3v) is 5.19. The fraction of sp³-hybridized carbons (Fsp3) is 0.174. The van der Waals surface area contributed by atoms with Crippen molar-refractivity contribution in [3.05, 3.63) is 76.6 Å². The zero-order valence-electron chi connectivity index (χ0n) is 18.3. The minimum Gasteiger partial charge on any atom is -0.494 e. The number of carbonyl (C=O) groups is 1. The molecule has 188 valence electrons. The lowest BCUT2D eigenvalue weighted by Gasteiger charge is -2.11. The van der Waals surface area contributed by atoms with Crippen LogP contribution in [0.4, 0.5) is 26.3 Å². The standard InChI is InChI=1S/C23H16F6N4O3/c1-35-16-4-2-12(11-3-5-18(23(27,28)29)32-19(11)16)22-33-20(17(8-30)36-22)21(34)31-9-13-14(25)6-10(24)7-15(13)26/h2-7H,8-9,30H2,1H3,(H,31,34). The van der Waals surface area contributed by atoms with Gasteiger partial charge in [-0.05, 0) is 24.3 Å². The van der Waals surface area contributed by atoms with E-state index in [1.165, 1.54) is 19.2 Å². The molecule has 36 heavy (non-hydrogen) atoms. The van der Waals surface area contributed by atoms with E-state index in [9.17, 15) is 31.1 Å². The van der Waals surface area contributed by atoms with Crippen LogP contribution >= 0.6 is 0 Å². The highest BCUT2D eigenvalue weighted by atomic mass is 19.4. The Morgan fingerprint density at radius 1 is 1.08 bits per heavy atom. The van der Waals surface area contributed by atoms with Crippen LogP contribution in [-0.2, 0) is 19.3 Å². The number of methoxy groups -OCH3 is 1. The van der Waals surface area contributed by atoms with Crippen molar-refractivity contribution in [1.82, 2.24) is 15.3 Å². The first-order valence-electron chi connectivity index (χ1n) is 10.2. The van der Waals surface area contributed by atoms with Gasteiger partial charge in [-0.15, -0.1) is 0 Å². The smallest absolute Gasteiger partial charge is 0.433 e. The molecule has 0 saturated heterocycles. The largest absolute Gasteiger partial charge is 0.494 e. The van der Waals surface area contributed by atoms with Crippen molar-refractivity contribution in [3.8, 4) is 17.2 Å². The molecule has 0 saturated carbocycles. The molecule has 4 aromatic rings. The second-order valence-corrected chi connectivity index (χ2v) is 7.43. The number of hydrogen-bond acceptors (Lipinski definition) is 6. The zero-order valence-corrected chi connectivity index (χ0v) is 18.3. The average Bonchev–Trinajstić information content (AvgIpc) is 3.26. The van der Waals surface area contributed by atoms with E-state index in [1.54, 1.807) is 0 Å².